The third-order valence-corrected chi connectivity index (χ3v) is 3.39. The molecule has 110 valence electrons. The number of halogens is 2. The number of carbonyl (C=O) groups is 1. The largest absolute Gasteiger partial charge is 0.496 e. The molecule has 1 aromatic carbocycles. The molecule has 0 fully saturated rings. The van der Waals surface area contributed by atoms with Crippen molar-refractivity contribution in [3.8, 4) is 11.6 Å². The highest BCUT2D eigenvalue weighted by molar-refractivity contribution is 6.32. The summed E-state index contributed by atoms with van der Waals surface area (Å²) in [4.78, 5) is 14.7. The van der Waals surface area contributed by atoms with Crippen molar-refractivity contribution in [1.82, 2.24) is 4.98 Å². The van der Waals surface area contributed by atoms with Crippen LogP contribution in [0.1, 0.15) is 28.9 Å². The standard InChI is InChI=1S/C15H13Cl2NO3/c1-9(12-6-11(16)3-4-14(12)20-2)21-15-13(17)5-10(8-19)7-18-15/h3-9H,1-2H3. The summed E-state index contributed by atoms with van der Waals surface area (Å²) in [7, 11) is 1.57. The number of aromatic nitrogens is 1. The molecule has 2 aromatic rings. The van der Waals surface area contributed by atoms with Crippen molar-refractivity contribution in [1.29, 1.82) is 0 Å². The average Bonchev–Trinajstić information content (AvgIpc) is 2.49. The van der Waals surface area contributed by atoms with Crippen LogP contribution in [0.15, 0.2) is 30.5 Å². The Balaban J connectivity index is 2.27. The first-order valence-corrected chi connectivity index (χ1v) is 6.91. The van der Waals surface area contributed by atoms with Gasteiger partial charge in [-0.3, -0.25) is 4.79 Å². The van der Waals surface area contributed by atoms with Crippen LogP contribution in [-0.4, -0.2) is 18.4 Å². The second kappa shape index (κ2) is 6.78. The summed E-state index contributed by atoms with van der Waals surface area (Å²) in [6, 6.07) is 6.76. The van der Waals surface area contributed by atoms with E-state index in [2.05, 4.69) is 4.98 Å². The zero-order valence-electron chi connectivity index (χ0n) is 11.5. The number of ether oxygens (including phenoxy) is 2. The monoisotopic (exact) mass is 325 g/mol. The van der Waals surface area contributed by atoms with Crippen LogP contribution in [0.3, 0.4) is 0 Å². The van der Waals surface area contributed by atoms with E-state index in [0.29, 0.717) is 22.6 Å². The highest BCUT2D eigenvalue weighted by atomic mass is 35.5. The van der Waals surface area contributed by atoms with Gasteiger partial charge in [-0.25, -0.2) is 4.98 Å². The summed E-state index contributed by atoms with van der Waals surface area (Å²) in [6.45, 7) is 1.83. The van der Waals surface area contributed by atoms with Crippen LogP contribution in [0.4, 0.5) is 0 Å². The van der Waals surface area contributed by atoms with Gasteiger partial charge in [0.15, 0.2) is 6.29 Å². The molecule has 6 heteroatoms. The number of benzene rings is 1. The Labute approximate surface area is 132 Å². The lowest BCUT2D eigenvalue weighted by Crippen LogP contribution is -2.07. The van der Waals surface area contributed by atoms with E-state index < -0.39 is 0 Å². The summed E-state index contributed by atoms with van der Waals surface area (Å²) in [5.74, 6) is 0.907. The zero-order valence-corrected chi connectivity index (χ0v) is 13.0. The quantitative estimate of drug-likeness (QED) is 0.767. The Morgan fingerprint density at radius 2 is 2.05 bits per heavy atom. The molecule has 0 saturated heterocycles. The average molecular weight is 326 g/mol. The number of hydrogen-bond donors (Lipinski definition) is 0. The number of hydrogen-bond acceptors (Lipinski definition) is 4. The molecule has 0 aliphatic heterocycles. The molecule has 21 heavy (non-hydrogen) atoms. The summed E-state index contributed by atoms with van der Waals surface area (Å²) in [6.07, 6.45) is 1.70. The normalized spacial score (nSPS) is 11.8. The van der Waals surface area contributed by atoms with Crippen LogP contribution in [0.25, 0.3) is 0 Å². The summed E-state index contributed by atoms with van der Waals surface area (Å²) in [5, 5.41) is 0.851. The summed E-state index contributed by atoms with van der Waals surface area (Å²) in [5.41, 5.74) is 1.17. The fourth-order valence-corrected chi connectivity index (χ4v) is 2.25. The maximum Gasteiger partial charge on any atom is 0.233 e. The Morgan fingerprint density at radius 1 is 1.29 bits per heavy atom. The van der Waals surface area contributed by atoms with Gasteiger partial charge in [-0.2, -0.15) is 0 Å². The lowest BCUT2D eigenvalue weighted by molar-refractivity contribution is 0.112. The molecule has 2 rings (SSSR count). The molecule has 1 unspecified atom stereocenters. The van der Waals surface area contributed by atoms with Gasteiger partial charge in [0.25, 0.3) is 0 Å². The van der Waals surface area contributed by atoms with Gasteiger partial charge in [0, 0.05) is 22.3 Å². The second-order valence-electron chi connectivity index (χ2n) is 4.32. The van der Waals surface area contributed by atoms with Crippen LogP contribution >= 0.6 is 23.2 Å². The Bertz CT molecular complexity index is 661. The van der Waals surface area contributed by atoms with Gasteiger partial charge in [0.05, 0.1) is 7.11 Å². The molecule has 0 amide bonds. The second-order valence-corrected chi connectivity index (χ2v) is 5.16. The Hall–Kier alpha value is -1.78. The minimum atomic E-state index is -0.370. The van der Waals surface area contributed by atoms with Crippen molar-refractivity contribution in [3.05, 3.63) is 51.6 Å². The molecule has 0 bridgehead atoms. The van der Waals surface area contributed by atoms with Crippen molar-refractivity contribution in [3.63, 3.8) is 0 Å². The third-order valence-electron chi connectivity index (χ3n) is 2.88. The lowest BCUT2D eigenvalue weighted by atomic mass is 10.1. The van der Waals surface area contributed by atoms with E-state index in [1.54, 1.807) is 25.3 Å². The number of pyridine rings is 1. The number of carbonyl (C=O) groups excluding carboxylic acids is 1. The van der Waals surface area contributed by atoms with E-state index in [1.165, 1.54) is 12.3 Å². The minimum Gasteiger partial charge on any atom is -0.496 e. The first kappa shape index (κ1) is 15.6. The SMILES string of the molecule is COc1ccc(Cl)cc1C(C)Oc1ncc(C=O)cc1Cl. The van der Waals surface area contributed by atoms with E-state index in [1.807, 2.05) is 6.92 Å². The Morgan fingerprint density at radius 3 is 2.67 bits per heavy atom. The van der Waals surface area contributed by atoms with Crippen molar-refractivity contribution in [2.24, 2.45) is 0 Å². The molecule has 0 spiro atoms. The maximum atomic E-state index is 10.7. The van der Waals surface area contributed by atoms with E-state index in [9.17, 15) is 4.79 Å². The van der Waals surface area contributed by atoms with E-state index in [-0.39, 0.29) is 17.0 Å². The van der Waals surface area contributed by atoms with E-state index in [0.717, 1.165) is 5.56 Å². The smallest absolute Gasteiger partial charge is 0.233 e. The molecule has 0 N–H and O–H groups in total. The number of methoxy groups -OCH3 is 1. The van der Waals surface area contributed by atoms with Crippen LogP contribution in [0, 0.1) is 0 Å². The van der Waals surface area contributed by atoms with Crippen molar-refractivity contribution in [2.75, 3.05) is 7.11 Å². The van der Waals surface area contributed by atoms with Crippen molar-refractivity contribution < 1.29 is 14.3 Å². The molecule has 1 heterocycles. The topological polar surface area (TPSA) is 48.4 Å². The lowest BCUT2D eigenvalue weighted by Gasteiger charge is -2.18. The van der Waals surface area contributed by atoms with Gasteiger partial charge in [-0.15, -0.1) is 0 Å². The van der Waals surface area contributed by atoms with Gasteiger partial charge >= 0.3 is 0 Å². The molecule has 0 radical (unpaired) electrons. The van der Waals surface area contributed by atoms with Crippen LogP contribution < -0.4 is 9.47 Å². The van der Waals surface area contributed by atoms with E-state index >= 15 is 0 Å². The predicted molar refractivity (Wildman–Crippen MR) is 81.7 cm³/mol. The fraction of sp³-hybridized carbons (Fsp3) is 0.200. The van der Waals surface area contributed by atoms with Crippen LogP contribution in [-0.2, 0) is 0 Å². The molecule has 1 atom stereocenters. The third kappa shape index (κ3) is 3.65. The highest BCUT2D eigenvalue weighted by Crippen LogP contribution is 2.33. The van der Waals surface area contributed by atoms with Gasteiger partial charge in [-0.1, -0.05) is 23.2 Å². The van der Waals surface area contributed by atoms with Gasteiger partial charge in [0.1, 0.15) is 16.9 Å². The number of nitrogens with zero attached hydrogens (tertiary/aromatic N) is 1. The first-order chi connectivity index (χ1) is 10.0. The first-order valence-electron chi connectivity index (χ1n) is 6.16. The van der Waals surface area contributed by atoms with Crippen molar-refractivity contribution >= 4 is 29.5 Å². The molecule has 1 aromatic heterocycles. The zero-order chi connectivity index (χ0) is 15.4. The number of rotatable bonds is 5. The summed E-state index contributed by atoms with van der Waals surface area (Å²) < 4.78 is 11.0. The molecular weight excluding hydrogens is 313 g/mol. The fourth-order valence-electron chi connectivity index (χ4n) is 1.85. The number of aldehydes is 1. The van der Waals surface area contributed by atoms with Gasteiger partial charge in [0.2, 0.25) is 5.88 Å². The minimum absolute atomic E-state index is 0.247. The molecule has 0 aliphatic rings. The maximum absolute atomic E-state index is 10.7. The van der Waals surface area contributed by atoms with Crippen LogP contribution in [0.5, 0.6) is 11.6 Å². The molecule has 4 nitrogen and oxygen atoms in total. The molecular formula is C15H13Cl2NO3. The van der Waals surface area contributed by atoms with E-state index in [4.69, 9.17) is 32.7 Å². The van der Waals surface area contributed by atoms with Gasteiger partial charge in [-0.05, 0) is 31.2 Å². The van der Waals surface area contributed by atoms with Crippen molar-refractivity contribution in [2.45, 2.75) is 13.0 Å². The summed E-state index contributed by atoms with van der Waals surface area (Å²) >= 11 is 12.0. The molecule has 0 aliphatic carbocycles. The predicted octanol–water partition coefficient (Wildman–Crippen LogP) is 4.35. The highest BCUT2D eigenvalue weighted by Gasteiger charge is 2.16. The molecule has 0 saturated carbocycles. The van der Waals surface area contributed by atoms with Gasteiger partial charge < -0.3 is 9.47 Å². The van der Waals surface area contributed by atoms with Crippen LogP contribution in [0.2, 0.25) is 10.0 Å². The Kier molecular flexibility index (Phi) is 5.04.